The van der Waals surface area contributed by atoms with E-state index in [1.165, 1.54) is 17.3 Å². The minimum Gasteiger partial charge on any atom is -0.461 e. The van der Waals surface area contributed by atoms with Gasteiger partial charge in [0.2, 0.25) is 5.82 Å². The Balaban J connectivity index is 1.77. The third kappa shape index (κ3) is 3.74. The van der Waals surface area contributed by atoms with Gasteiger partial charge in [0, 0.05) is 12.1 Å². The van der Waals surface area contributed by atoms with Crippen molar-refractivity contribution >= 4 is 17.5 Å². The SMILES string of the molecule is C=CCn1c(SCC(=O)c2ccc(C)c(C)c2)nnc1-c1ccco1. The van der Waals surface area contributed by atoms with Gasteiger partial charge in [-0.15, -0.1) is 16.8 Å². The van der Waals surface area contributed by atoms with Gasteiger partial charge in [-0.25, -0.2) is 0 Å². The van der Waals surface area contributed by atoms with Crippen LogP contribution in [0.1, 0.15) is 21.5 Å². The number of aryl methyl sites for hydroxylation is 2. The number of thioether (sulfide) groups is 1. The molecular weight excluding hydrogens is 334 g/mol. The van der Waals surface area contributed by atoms with Crippen molar-refractivity contribution in [3.05, 3.63) is 65.9 Å². The fourth-order valence-corrected chi connectivity index (χ4v) is 3.25. The minimum atomic E-state index is 0.0702. The Hall–Kier alpha value is -2.60. The maximum absolute atomic E-state index is 12.5. The van der Waals surface area contributed by atoms with E-state index in [1.54, 1.807) is 18.4 Å². The Labute approximate surface area is 150 Å². The van der Waals surface area contributed by atoms with Crippen molar-refractivity contribution in [2.24, 2.45) is 0 Å². The summed E-state index contributed by atoms with van der Waals surface area (Å²) >= 11 is 1.37. The number of rotatable bonds is 7. The molecule has 3 aromatic rings. The summed E-state index contributed by atoms with van der Waals surface area (Å²) in [5, 5.41) is 9.07. The lowest BCUT2D eigenvalue weighted by Crippen LogP contribution is -2.06. The normalized spacial score (nSPS) is 10.8. The van der Waals surface area contributed by atoms with E-state index in [0.717, 1.165) is 11.1 Å². The standard InChI is InChI=1S/C19H19N3O2S/c1-4-9-22-18(17-6-5-10-24-17)20-21-19(22)25-12-16(23)15-8-7-13(2)14(3)11-15/h4-8,10-11H,1,9,12H2,2-3H3. The zero-order valence-corrected chi connectivity index (χ0v) is 15.0. The maximum atomic E-state index is 12.5. The molecule has 0 aliphatic heterocycles. The van der Waals surface area contributed by atoms with Crippen molar-refractivity contribution < 1.29 is 9.21 Å². The minimum absolute atomic E-state index is 0.0702. The molecule has 0 fully saturated rings. The summed E-state index contributed by atoms with van der Waals surface area (Å²) in [6.07, 6.45) is 3.36. The molecule has 128 valence electrons. The van der Waals surface area contributed by atoms with E-state index >= 15 is 0 Å². The summed E-state index contributed by atoms with van der Waals surface area (Å²) in [4.78, 5) is 12.5. The highest BCUT2D eigenvalue weighted by atomic mass is 32.2. The van der Waals surface area contributed by atoms with Gasteiger partial charge < -0.3 is 4.42 Å². The van der Waals surface area contributed by atoms with Crippen LogP contribution >= 0.6 is 11.8 Å². The lowest BCUT2D eigenvalue weighted by molar-refractivity contribution is 0.102. The van der Waals surface area contributed by atoms with Crippen LogP contribution in [-0.4, -0.2) is 26.3 Å². The summed E-state index contributed by atoms with van der Waals surface area (Å²) in [6.45, 7) is 8.37. The van der Waals surface area contributed by atoms with E-state index in [2.05, 4.69) is 16.8 Å². The lowest BCUT2D eigenvalue weighted by Gasteiger charge is -2.07. The number of Topliss-reactive ketones (excluding diaryl/α,β-unsaturated/α-hetero) is 1. The number of hydrogen-bond acceptors (Lipinski definition) is 5. The number of carbonyl (C=O) groups is 1. The Kier molecular flexibility index (Phi) is 5.19. The highest BCUT2D eigenvalue weighted by Gasteiger charge is 2.17. The molecule has 0 bridgehead atoms. The van der Waals surface area contributed by atoms with Gasteiger partial charge in [-0.1, -0.05) is 30.0 Å². The monoisotopic (exact) mass is 353 g/mol. The van der Waals surface area contributed by atoms with Crippen molar-refractivity contribution in [3.63, 3.8) is 0 Å². The largest absolute Gasteiger partial charge is 0.461 e. The van der Waals surface area contributed by atoms with E-state index < -0.39 is 0 Å². The third-order valence-corrected chi connectivity index (χ3v) is 4.90. The Morgan fingerprint density at radius 2 is 2.12 bits per heavy atom. The second-order valence-corrected chi connectivity index (χ2v) is 6.64. The Morgan fingerprint density at radius 3 is 2.80 bits per heavy atom. The van der Waals surface area contributed by atoms with Crippen molar-refractivity contribution in [3.8, 4) is 11.6 Å². The van der Waals surface area contributed by atoms with Crippen LogP contribution in [0.15, 0.2) is 58.8 Å². The predicted octanol–water partition coefficient (Wildman–Crippen LogP) is 4.32. The number of nitrogens with zero attached hydrogens (tertiary/aromatic N) is 3. The Morgan fingerprint density at radius 1 is 1.28 bits per heavy atom. The molecule has 0 radical (unpaired) electrons. The predicted molar refractivity (Wildman–Crippen MR) is 98.9 cm³/mol. The van der Waals surface area contributed by atoms with E-state index in [1.807, 2.05) is 42.7 Å². The average molecular weight is 353 g/mol. The fraction of sp³-hybridized carbons (Fsp3) is 0.211. The summed E-state index contributed by atoms with van der Waals surface area (Å²) in [5.41, 5.74) is 3.01. The van der Waals surface area contributed by atoms with Crippen LogP contribution in [0.3, 0.4) is 0 Å². The molecule has 0 atom stereocenters. The first kappa shape index (κ1) is 17.2. The quantitative estimate of drug-likeness (QED) is 0.360. The second-order valence-electron chi connectivity index (χ2n) is 5.69. The van der Waals surface area contributed by atoms with Crippen LogP contribution in [0.25, 0.3) is 11.6 Å². The van der Waals surface area contributed by atoms with E-state index in [-0.39, 0.29) is 5.78 Å². The molecule has 0 amide bonds. The highest BCUT2D eigenvalue weighted by Crippen LogP contribution is 2.25. The van der Waals surface area contributed by atoms with Gasteiger partial charge in [0.1, 0.15) is 0 Å². The molecule has 2 aromatic heterocycles. The van der Waals surface area contributed by atoms with Crippen molar-refractivity contribution in [2.75, 3.05) is 5.75 Å². The lowest BCUT2D eigenvalue weighted by atomic mass is 10.0. The van der Waals surface area contributed by atoms with Crippen LogP contribution in [-0.2, 0) is 6.54 Å². The summed E-state index contributed by atoms with van der Waals surface area (Å²) in [5.74, 6) is 1.64. The molecule has 0 unspecified atom stereocenters. The fourth-order valence-electron chi connectivity index (χ4n) is 2.41. The molecule has 0 N–H and O–H groups in total. The average Bonchev–Trinajstić information content (AvgIpc) is 3.25. The molecule has 0 spiro atoms. The maximum Gasteiger partial charge on any atom is 0.200 e. The summed E-state index contributed by atoms with van der Waals surface area (Å²) < 4.78 is 7.30. The number of benzene rings is 1. The van der Waals surface area contributed by atoms with E-state index in [4.69, 9.17) is 4.42 Å². The molecule has 2 heterocycles. The van der Waals surface area contributed by atoms with Gasteiger partial charge in [-0.3, -0.25) is 9.36 Å². The van der Waals surface area contributed by atoms with Crippen LogP contribution in [0.5, 0.6) is 0 Å². The van der Waals surface area contributed by atoms with Gasteiger partial charge in [-0.2, -0.15) is 0 Å². The summed E-state index contributed by atoms with van der Waals surface area (Å²) in [6, 6.07) is 9.41. The van der Waals surface area contributed by atoms with E-state index in [9.17, 15) is 4.79 Å². The first-order valence-electron chi connectivity index (χ1n) is 7.91. The van der Waals surface area contributed by atoms with Crippen LogP contribution in [0.4, 0.5) is 0 Å². The number of hydrogen-bond donors (Lipinski definition) is 0. The second kappa shape index (κ2) is 7.53. The molecule has 5 nitrogen and oxygen atoms in total. The Bertz CT molecular complexity index is 898. The number of ketones is 1. The van der Waals surface area contributed by atoms with Crippen LogP contribution in [0, 0.1) is 13.8 Å². The highest BCUT2D eigenvalue weighted by molar-refractivity contribution is 7.99. The van der Waals surface area contributed by atoms with Crippen molar-refractivity contribution in [2.45, 2.75) is 25.5 Å². The molecule has 0 saturated carbocycles. The molecule has 1 aromatic carbocycles. The van der Waals surface area contributed by atoms with Gasteiger partial charge in [0.05, 0.1) is 12.0 Å². The molecule has 0 saturated heterocycles. The molecule has 6 heteroatoms. The van der Waals surface area contributed by atoms with E-state index in [0.29, 0.717) is 29.0 Å². The zero-order valence-electron chi connectivity index (χ0n) is 14.2. The molecule has 0 aliphatic rings. The molecular formula is C19H19N3O2S. The van der Waals surface area contributed by atoms with Gasteiger partial charge in [0.15, 0.2) is 16.7 Å². The molecule has 3 rings (SSSR count). The van der Waals surface area contributed by atoms with Crippen LogP contribution in [0.2, 0.25) is 0 Å². The van der Waals surface area contributed by atoms with Crippen molar-refractivity contribution in [1.29, 1.82) is 0 Å². The first-order chi connectivity index (χ1) is 12.1. The zero-order chi connectivity index (χ0) is 17.8. The number of carbonyl (C=O) groups excluding carboxylic acids is 1. The number of allylic oxidation sites excluding steroid dienone is 1. The number of aromatic nitrogens is 3. The van der Waals surface area contributed by atoms with Gasteiger partial charge in [0.25, 0.3) is 0 Å². The molecule has 25 heavy (non-hydrogen) atoms. The van der Waals surface area contributed by atoms with Gasteiger partial charge in [-0.05, 0) is 43.2 Å². The smallest absolute Gasteiger partial charge is 0.200 e. The summed E-state index contributed by atoms with van der Waals surface area (Å²) in [7, 11) is 0. The number of furan rings is 1. The molecule has 0 aliphatic carbocycles. The third-order valence-electron chi connectivity index (χ3n) is 3.93. The first-order valence-corrected chi connectivity index (χ1v) is 8.90. The van der Waals surface area contributed by atoms with Crippen LogP contribution < -0.4 is 0 Å². The van der Waals surface area contributed by atoms with Gasteiger partial charge >= 0.3 is 0 Å². The topological polar surface area (TPSA) is 60.9 Å². The van der Waals surface area contributed by atoms with Crippen molar-refractivity contribution in [1.82, 2.24) is 14.8 Å².